The van der Waals surface area contributed by atoms with E-state index in [0.29, 0.717) is 22.3 Å². The Labute approximate surface area is 148 Å². The van der Waals surface area contributed by atoms with Gasteiger partial charge in [-0.3, -0.25) is 9.78 Å². The Morgan fingerprint density at radius 3 is 2.46 bits per heavy atom. The van der Waals surface area contributed by atoms with Crippen molar-refractivity contribution in [1.29, 1.82) is 0 Å². The van der Waals surface area contributed by atoms with Crippen LogP contribution in [0.3, 0.4) is 0 Å². The zero-order chi connectivity index (χ0) is 18.5. The number of nitrogens with zero attached hydrogens (tertiary/aromatic N) is 2. The third-order valence-corrected chi connectivity index (χ3v) is 3.82. The number of fused-ring (bicyclic) bond motifs is 1. The summed E-state index contributed by atoms with van der Waals surface area (Å²) in [5.74, 6) is -2.02. The van der Waals surface area contributed by atoms with Crippen LogP contribution in [0.25, 0.3) is 11.0 Å². The number of rotatable bonds is 6. The van der Waals surface area contributed by atoms with Gasteiger partial charge in [-0.2, -0.15) is 0 Å². The fraction of sp³-hybridized carbons (Fsp3) is 0.158. The van der Waals surface area contributed by atoms with Crippen LogP contribution in [-0.2, 0) is 22.4 Å². The second kappa shape index (κ2) is 7.69. The number of benzene rings is 2. The molecule has 0 saturated heterocycles. The van der Waals surface area contributed by atoms with E-state index < -0.39 is 23.7 Å². The molecular weight excluding hydrogens is 337 g/mol. The van der Waals surface area contributed by atoms with E-state index in [-0.39, 0.29) is 12.8 Å². The highest BCUT2D eigenvalue weighted by atomic mass is 19.1. The van der Waals surface area contributed by atoms with Gasteiger partial charge in [-0.25, -0.2) is 14.2 Å². The Morgan fingerprint density at radius 1 is 1.08 bits per heavy atom. The largest absolute Gasteiger partial charge is 0.480 e. The number of carbonyl (C=O) groups is 2. The van der Waals surface area contributed by atoms with Crippen LogP contribution >= 0.6 is 0 Å². The predicted octanol–water partition coefficient (Wildman–Crippen LogP) is 2.12. The zero-order valence-corrected chi connectivity index (χ0v) is 13.7. The highest BCUT2D eigenvalue weighted by Gasteiger charge is 2.21. The number of para-hydroxylation sites is 2. The molecule has 2 N–H and O–H groups in total. The van der Waals surface area contributed by atoms with E-state index in [1.165, 1.54) is 30.5 Å². The predicted molar refractivity (Wildman–Crippen MR) is 92.9 cm³/mol. The van der Waals surface area contributed by atoms with Crippen molar-refractivity contribution in [2.75, 3.05) is 0 Å². The van der Waals surface area contributed by atoms with Gasteiger partial charge < -0.3 is 10.4 Å². The van der Waals surface area contributed by atoms with Crippen molar-refractivity contribution >= 4 is 22.9 Å². The molecule has 0 unspecified atom stereocenters. The molecule has 1 atom stereocenters. The van der Waals surface area contributed by atoms with Gasteiger partial charge in [0.2, 0.25) is 5.91 Å². The summed E-state index contributed by atoms with van der Waals surface area (Å²) in [5, 5.41) is 11.9. The molecule has 132 valence electrons. The lowest BCUT2D eigenvalue weighted by atomic mass is 10.1. The minimum atomic E-state index is -1.16. The number of nitrogens with one attached hydrogen (secondary N) is 1. The fourth-order valence-electron chi connectivity index (χ4n) is 2.54. The highest BCUT2D eigenvalue weighted by Crippen LogP contribution is 2.10. The summed E-state index contributed by atoms with van der Waals surface area (Å²) in [4.78, 5) is 32.2. The number of amides is 1. The van der Waals surface area contributed by atoms with Gasteiger partial charge in [-0.15, -0.1) is 0 Å². The van der Waals surface area contributed by atoms with Crippen LogP contribution in [0.2, 0.25) is 0 Å². The highest BCUT2D eigenvalue weighted by molar-refractivity contribution is 5.85. The van der Waals surface area contributed by atoms with E-state index in [2.05, 4.69) is 15.3 Å². The Balaban J connectivity index is 1.68. The molecule has 2 aromatic carbocycles. The van der Waals surface area contributed by atoms with Crippen LogP contribution in [0.4, 0.5) is 4.39 Å². The first-order valence-corrected chi connectivity index (χ1v) is 7.98. The van der Waals surface area contributed by atoms with E-state index in [1.807, 2.05) is 18.2 Å². The lowest BCUT2D eigenvalue weighted by molar-refractivity contribution is -0.141. The molecule has 1 amide bonds. The number of halogens is 1. The molecule has 0 fully saturated rings. The minimum Gasteiger partial charge on any atom is -0.480 e. The van der Waals surface area contributed by atoms with Gasteiger partial charge in [0.15, 0.2) is 0 Å². The van der Waals surface area contributed by atoms with Gasteiger partial charge >= 0.3 is 5.97 Å². The summed E-state index contributed by atoms with van der Waals surface area (Å²) in [5.41, 5.74) is 2.44. The molecule has 0 bridgehead atoms. The first-order chi connectivity index (χ1) is 12.5. The van der Waals surface area contributed by atoms with Gasteiger partial charge in [-0.05, 0) is 29.8 Å². The molecule has 7 heteroatoms. The van der Waals surface area contributed by atoms with Crippen LogP contribution in [0.5, 0.6) is 0 Å². The summed E-state index contributed by atoms with van der Waals surface area (Å²) >= 11 is 0. The topological polar surface area (TPSA) is 92.2 Å². The molecular formula is C19H16FN3O3. The molecule has 1 aromatic heterocycles. The van der Waals surface area contributed by atoms with Crippen molar-refractivity contribution in [2.24, 2.45) is 0 Å². The van der Waals surface area contributed by atoms with Crippen LogP contribution in [0, 0.1) is 5.82 Å². The second-order valence-corrected chi connectivity index (χ2v) is 5.82. The molecule has 3 rings (SSSR count). The van der Waals surface area contributed by atoms with Gasteiger partial charge in [0.1, 0.15) is 11.9 Å². The van der Waals surface area contributed by atoms with Crippen LogP contribution in [0.15, 0.2) is 54.7 Å². The number of hydrogen-bond donors (Lipinski definition) is 2. The zero-order valence-electron chi connectivity index (χ0n) is 13.7. The smallest absolute Gasteiger partial charge is 0.326 e. The summed E-state index contributed by atoms with van der Waals surface area (Å²) in [6, 6.07) is 11.6. The lowest BCUT2D eigenvalue weighted by Gasteiger charge is -2.14. The van der Waals surface area contributed by atoms with E-state index in [9.17, 15) is 19.1 Å². The molecule has 0 aliphatic heterocycles. The monoisotopic (exact) mass is 353 g/mol. The van der Waals surface area contributed by atoms with Crippen LogP contribution < -0.4 is 5.32 Å². The van der Waals surface area contributed by atoms with Gasteiger partial charge in [-0.1, -0.05) is 24.3 Å². The Hall–Kier alpha value is -3.35. The molecule has 3 aromatic rings. The second-order valence-electron chi connectivity index (χ2n) is 5.82. The number of carboxylic acid groups (broad SMARTS) is 1. The summed E-state index contributed by atoms with van der Waals surface area (Å²) < 4.78 is 12.9. The Kier molecular flexibility index (Phi) is 5.17. The van der Waals surface area contributed by atoms with Crippen LogP contribution in [0.1, 0.15) is 11.3 Å². The van der Waals surface area contributed by atoms with E-state index in [1.54, 1.807) is 6.07 Å². The number of aromatic nitrogens is 2. The lowest BCUT2D eigenvalue weighted by Crippen LogP contribution is -2.43. The van der Waals surface area contributed by atoms with Crippen molar-refractivity contribution in [3.63, 3.8) is 0 Å². The van der Waals surface area contributed by atoms with Gasteiger partial charge in [0.05, 0.1) is 23.1 Å². The normalized spacial score (nSPS) is 11.9. The molecule has 0 radical (unpaired) electrons. The molecule has 0 spiro atoms. The average molecular weight is 353 g/mol. The fourth-order valence-corrected chi connectivity index (χ4v) is 2.54. The summed E-state index contributed by atoms with van der Waals surface area (Å²) in [7, 11) is 0. The molecule has 1 heterocycles. The van der Waals surface area contributed by atoms with Crippen molar-refractivity contribution < 1.29 is 19.1 Å². The SMILES string of the molecule is O=C(Cc1ccc(F)cc1)N[C@H](Cc1cnc2ccccc2n1)C(=O)O. The first kappa shape index (κ1) is 17.5. The standard InChI is InChI=1S/C19H16FN3O3/c20-13-7-5-12(6-8-13)9-18(24)23-17(19(25)26)10-14-11-21-15-3-1-2-4-16(15)22-14/h1-8,11,17H,9-10H2,(H,23,24)(H,25,26)/t17-/m1/s1. The Bertz CT molecular complexity index is 944. The van der Waals surface area contributed by atoms with E-state index in [4.69, 9.17) is 0 Å². The summed E-state index contributed by atoms with van der Waals surface area (Å²) in [6.45, 7) is 0. The third-order valence-electron chi connectivity index (χ3n) is 3.82. The number of hydrogen-bond acceptors (Lipinski definition) is 4. The number of carbonyl (C=O) groups excluding carboxylic acids is 1. The average Bonchev–Trinajstić information content (AvgIpc) is 2.63. The molecule has 0 saturated carbocycles. The maximum Gasteiger partial charge on any atom is 0.326 e. The van der Waals surface area contributed by atoms with Crippen molar-refractivity contribution in [1.82, 2.24) is 15.3 Å². The maximum atomic E-state index is 12.9. The molecule has 0 aliphatic carbocycles. The van der Waals surface area contributed by atoms with Crippen molar-refractivity contribution in [2.45, 2.75) is 18.9 Å². The number of carboxylic acids is 1. The molecule has 6 nitrogen and oxygen atoms in total. The van der Waals surface area contributed by atoms with Crippen molar-refractivity contribution in [3.8, 4) is 0 Å². The van der Waals surface area contributed by atoms with Crippen molar-refractivity contribution in [3.05, 3.63) is 71.8 Å². The molecule has 26 heavy (non-hydrogen) atoms. The Morgan fingerprint density at radius 2 is 1.77 bits per heavy atom. The van der Waals surface area contributed by atoms with Gasteiger partial charge in [0.25, 0.3) is 0 Å². The third kappa shape index (κ3) is 4.38. The van der Waals surface area contributed by atoms with E-state index >= 15 is 0 Å². The van der Waals surface area contributed by atoms with Gasteiger partial charge in [0, 0.05) is 12.6 Å². The first-order valence-electron chi connectivity index (χ1n) is 7.98. The number of aliphatic carboxylic acids is 1. The molecule has 0 aliphatic rings. The van der Waals surface area contributed by atoms with E-state index in [0.717, 1.165) is 0 Å². The minimum absolute atomic E-state index is 0.0162. The maximum absolute atomic E-state index is 12.9. The summed E-state index contributed by atoms with van der Waals surface area (Å²) in [6.07, 6.45) is 1.49. The quantitative estimate of drug-likeness (QED) is 0.708. The van der Waals surface area contributed by atoms with Crippen LogP contribution in [-0.4, -0.2) is 33.0 Å².